The van der Waals surface area contributed by atoms with Gasteiger partial charge in [0.15, 0.2) is 0 Å². The van der Waals surface area contributed by atoms with E-state index in [1.807, 2.05) is 53.6 Å². The molecule has 0 saturated carbocycles. The number of carbonyl (C=O) groups is 1. The minimum atomic E-state index is -0.312. The Labute approximate surface area is 147 Å². The summed E-state index contributed by atoms with van der Waals surface area (Å²) >= 11 is 0. The number of benzene rings is 2. The molecule has 4 heteroatoms. The number of aliphatic hydroxyl groups is 1. The molecule has 1 aliphatic heterocycles. The van der Waals surface area contributed by atoms with E-state index in [4.69, 9.17) is 0 Å². The van der Waals surface area contributed by atoms with Crippen LogP contribution >= 0.6 is 0 Å². The summed E-state index contributed by atoms with van der Waals surface area (Å²) in [4.78, 5) is 18.0. The normalized spacial score (nSPS) is 19.3. The maximum atomic E-state index is 12.8. The second kappa shape index (κ2) is 6.73. The lowest BCUT2D eigenvalue weighted by atomic mass is 9.91. The maximum Gasteiger partial charge on any atom is 0.223 e. The van der Waals surface area contributed by atoms with Gasteiger partial charge >= 0.3 is 0 Å². The van der Waals surface area contributed by atoms with Gasteiger partial charge in [-0.25, -0.2) is 0 Å². The first-order chi connectivity index (χ1) is 12.3. The van der Waals surface area contributed by atoms with E-state index in [9.17, 15) is 9.90 Å². The zero-order chi connectivity index (χ0) is 17.2. The highest BCUT2D eigenvalue weighted by molar-refractivity contribution is 5.85. The molecule has 1 amide bonds. The van der Waals surface area contributed by atoms with Gasteiger partial charge in [-0.2, -0.15) is 0 Å². The van der Waals surface area contributed by atoms with Crippen molar-refractivity contribution in [1.82, 2.24) is 9.88 Å². The van der Waals surface area contributed by atoms with Gasteiger partial charge in [0, 0.05) is 23.5 Å². The third-order valence-corrected chi connectivity index (χ3v) is 5.17. The number of carbonyl (C=O) groups excluding carboxylic acids is 1. The van der Waals surface area contributed by atoms with Gasteiger partial charge in [-0.3, -0.25) is 4.79 Å². The molecule has 0 bridgehead atoms. The number of para-hydroxylation sites is 1. The van der Waals surface area contributed by atoms with E-state index in [-0.39, 0.29) is 24.6 Å². The molecule has 1 aromatic heterocycles. The molecule has 3 aromatic rings. The molecular formula is C21H22N2O2. The van der Waals surface area contributed by atoms with Gasteiger partial charge in [0.1, 0.15) is 0 Å². The van der Waals surface area contributed by atoms with Gasteiger partial charge in [0.2, 0.25) is 5.91 Å². The number of H-pyrrole nitrogens is 1. The number of hydrogen-bond donors (Lipinski definition) is 2. The van der Waals surface area contributed by atoms with E-state index in [0.29, 0.717) is 6.42 Å². The van der Waals surface area contributed by atoms with Crippen LogP contribution in [0.3, 0.4) is 0 Å². The van der Waals surface area contributed by atoms with Crippen LogP contribution in [0.5, 0.6) is 0 Å². The molecule has 25 heavy (non-hydrogen) atoms. The number of aromatic nitrogens is 1. The topological polar surface area (TPSA) is 56.3 Å². The quantitative estimate of drug-likeness (QED) is 0.759. The number of fused-ring (bicyclic) bond motifs is 1. The van der Waals surface area contributed by atoms with Crippen molar-refractivity contribution < 1.29 is 9.90 Å². The first kappa shape index (κ1) is 15.9. The Morgan fingerprint density at radius 2 is 1.88 bits per heavy atom. The molecule has 4 rings (SSSR count). The molecule has 1 aliphatic rings. The average Bonchev–Trinajstić information content (AvgIpc) is 3.08. The van der Waals surface area contributed by atoms with Crippen LogP contribution in [0.25, 0.3) is 10.9 Å². The van der Waals surface area contributed by atoms with Crippen LogP contribution in [0.4, 0.5) is 0 Å². The second-order valence-corrected chi connectivity index (χ2v) is 6.61. The molecule has 2 N–H and O–H groups in total. The monoisotopic (exact) mass is 334 g/mol. The van der Waals surface area contributed by atoms with Crippen molar-refractivity contribution >= 4 is 16.8 Å². The standard InChI is InChI=1S/C21H22N2O2/c24-14-20(15-7-2-1-3-8-15)23-19(11-6-12-21(23)25)17-13-22-18-10-5-4-9-16(17)18/h1-5,7-10,13,19-20,22,24H,6,11-12,14H2/t19-,20+/m1/s1. The zero-order valence-corrected chi connectivity index (χ0v) is 14.1. The van der Waals surface area contributed by atoms with E-state index in [1.54, 1.807) is 0 Å². The lowest BCUT2D eigenvalue weighted by Crippen LogP contribution is -2.42. The Hall–Kier alpha value is -2.59. The minimum Gasteiger partial charge on any atom is -0.394 e. The first-order valence-electron chi connectivity index (χ1n) is 8.82. The molecular weight excluding hydrogens is 312 g/mol. The van der Waals surface area contributed by atoms with Gasteiger partial charge in [0.05, 0.1) is 18.7 Å². The van der Waals surface area contributed by atoms with Gasteiger partial charge in [-0.15, -0.1) is 0 Å². The van der Waals surface area contributed by atoms with Gasteiger partial charge in [0.25, 0.3) is 0 Å². The molecule has 2 heterocycles. The Balaban J connectivity index is 1.78. The number of nitrogens with zero attached hydrogens (tertiary/aromatic N) is 1. The van der Waals surface area contributed by atoms with Crippen LogP contribution in [0.1, 0.15) is 42.5 Å². The highest BCUT2D eigenvalue weighted by Crippen LogP contribution is 2.40. The van der Waals surface area contributed by atoms with Crippen molar-refractivity contribution in [2.45, 2.75) is 31.3 Å². The molecule has 0 unspecified atom stereocenters. The molecule has 128 valence electrons. The highest BCUT2D eigenvalue weighted by atomic mass is 16.3. The molecule has 1 fully saturated rings. The lowest BCUT2D eigenvalue weighted by Gasteiger charge is -2.41. The number of nitrogens with one attached hydrogen (secondary N) is 1. The molecule has 0 spiro atoms. The van der Waals surface area contributed by atoms with Gasteiger partial charge < -0.3 is 15.0 Å². The number of amides is 1. The van der Waals surface area contributed by atoms with Crippen LogP contribution in [-0.2, 0) is 4.79 Å². The van der Waals surface area contributed by atoms with Gasteiger partial charge in [-0.1, -0.05) is 48.5 Å². The van der Waals surface area contributed by atoms with Crippen LogP contribution in [0.15, 0.2) is 60.8 Å². The minimum absolute atomic E-state index is 0.0187. The first-order valence-corrected chi connectivity index (χ1v) is 8.82. The Kier molecular flexibility index (Phi) is 4.28. The summed E-state index contributed by atoms with van der Waals surface area (Å²) in [6.07, 6.45) is 4.35. The molecule has 0 radical (unpaired) electrons. The van der Waals surface area contributed by atoms with E-state index in [2.05, 4.69) is 17.1 Å². The van der Waals surface area contributed by atoms with E-state index in [0.717, 1.165) is 34.9 Å². The Bertz CT molecular complexity index is 872. The van der Waals surface area contributed by atoms with Crippen molar-refractivity contribution in [3.63, 3.8) is 0 Å². The van der Waals surface area contributed by atoms with Gasteiger partial charge in [-0.05, 0) is 30.0 Å². The van der Waals surface area contributed by atoms with E-state index < -0.39 is 0 Å². The molecule has 4 nitrogen and oxygen atoms in total. The lowest BCUT2D eigenvalue weighted by molar-refractivity contribution is -0.141. The molecule has 2 aromatic carbocycles. The number of aliphatic hydroxyl groups excluding tert-OH is 1. The van der Waals surface area contributed by atoms with Crippen molar-refractivity contribution in [1.29, 1.82) is 0 Å². The predicted molar refractivity (Wildman–Crippen MR) is 98.0 cm³/mol. The number of likely N-dealkylation sites (tertiary alicyclic amines) is 1. The third-order valence-electron chi connectivity index (χ3n) is 5.17. The predicted octanol–water partition coefficient (Wildman–Crippen LogP) is 3.96. The smallest absolute Gasteiger partial charge is 0.223 e. The fourth-order valence-corrected chi connectivity index (χ4v) is 3.98. The summed E-state index contributed by atoms with van der Waals surface area (Å²) in [5.74, 6) is 0.115. The fraction of sp³-hybridized carbons (Fsp3) is 0.286. The Morgan fingerprint density at radius 1 is 1.12 bits per heavy atom. The summed E-state index contributed by atoms with van der Waals surface area (Å²) in [5.41, 5.74) is 3.19. The number of rotatable bonds is 4. The van der Waals surface area contributed by atoms with E-state index in [1.165, 1.54) is 0 Å². The van der Waals surface area contributed by atoms with Crippen LogP contribution in [0, 0.1) is 0 Å². The highest BCUT2D eigenvalue weighted by Gasteiger charge is 2.36. The summed E-state index contributed by atoms with van der Waals surface area (Å²) < 4.78 is 0. The zero-order valence-electron chi connectivity index (χ0n) is 14.1. The van der Waals surface area contributed by atoms with Crippen molar-refractivity contribution in [3.8, 4) is 0 Å². The summed E-state index contributed by atoms with van der Waals surface area (Å²) in [6, 6.07) is 17.7. The number of aromatic amines is 1. The SMILES string of the molecule is O=C1CCC[C@H](c2c[nH]c3ccccc23)N1[C@@H](CO)c1ccccc1. The average molecular weight is 334 g/mol. The fourth-order valence-electron chi connectivity index (χ4n) is 3.98. The molecule has 1 saturated heterocycles. The second-order valence-electron chi connectivity index (χ2n) is 6.61. The molecule has 2 atom stereocenters. The van der Waals surface area contributed by atoms with Crippen molar-refractivity contribution in [3.05, 3.63) is 71.9 Å². The number of hydrogen-bond acceptors (Lipinski definition) is 2. The van der Waals surface area contributed by atoms with Crippen molar-refractivity contribution in [2.24, 2.45) is 0 Å². The summed E-state index contributed by atoms with van der Waals surface area (Å²) in [6.45, 7) is -0.0748. The van der Waals surface area contributed by atoms with Crippen molar-refractivity contribution in [2.75, 3.05) is 6.61 Å². The van der Waals surface area contributed by atoms with Crippen LogP contribution in [-0.4, -0.2) is 27.5 Å². The summed E-state index contributed by atoms with van der Waals surface area (Å²) in [7, 11) is 0. The van der Waals surface area contributed by atoms with Crippen LogP contribution in [0.2, 0.25) is 0 Å². The summed E-state index contributed by atoms with van der Waals surface area (Å²) in [5, 5.41) is 11.2. The molecule has 0 aliphatic carbocycles. The van der Waals surface area contributed by atoms with E-state index >= 15 is 0 Å². The third kappa shape index (κ3) is 2.83. The maximum absolute atomic E-state index is 12.8. The number of piperidine rings is 1. The van der Waals surface area contributed by atoms with Crippen LogP contribution < -0.4 is 0 Å². The Morgan fingerprint density at radius 3 is 2.68 bits per heavy atom. The largest absolute Gasteiger partial charge is 0.394 e.